The van der Waals surface area contributed by atoms with Crippen LogP contribution in [0, 0.1) is 0 Å². The fourth-order valence-electron chi connectivity index (χ4n) is 2.57. The molecule has 1 aromatic rings. The van der Waals surface area contributed by atoms with Crippen LogP contribution in [0.3, 0.4) is 0 Å². The van der Waals surface area contributed by atoms with Crippen molar-refractivity contribution in [2.75, 3.05) is 11.9 Å². The third-order valence-corrected chi connectivity index (χ3v) is 3.31. The summed E-state index contributed by atoms with van der Waals surface area (Å²) < 4.78 is 12.9. The second-order valence-corrected chi connectivity index (χ2v) is 4.22. The van der Waals surface area contributed by atoms with Gasteiger partial charge in [0.2, 0.25) is 12.2 Å². The van der Waals surface area contributed by atoms with Crippen molar-refractivity contribution in [1.82, 2.24) is 14.8 Å². The molecule has 0 aromatic carbocycles. The highest BCUT2D eigenvalue weighted by molar-refractivity contribution is 5.33. The molecule has 1 aromatic heterocycles. The molecule has 7 nitrogen and oxygen atoms in total. The first-order valence-electron chi connectivity index (χ1n) is 4.93. The van der Waals surface area contributed by atoms with Crippen LogP contribution in [0.4, 0.5) is 5.95 Å². The molecule has 0 amide bonds. The molecular formula is C8H10N4O3. The van der Waals surface area contributed by atoms with Crippen molar-refractivity contribution in [3.05, 3.63) is 6.33 Å². The molecule has 4 heterocycles. The van der Waals surface area contributed by atoms with Crippen LogP contribution in [0.1, 0.15) is 12.5 Å². The van der Waals surface area contributed by atoms with E-state index in [1.54, 1.807) is 6.33 Å². The van der Waals surface area contributed by atoms with Crippen molar-refractivity contribution in [1.29, 1.82) is 0 Å². The lowest BCUT2D eigenvalue weighted by Gasteiger charge is -2.44. The Bertz CT molecular complexity index is 422. The van der Waals surface area contributed by atoms with Crippen LogP contribution in [-0.2, 0) is 9.47 Å². The first kappa shape index (κ1) is 8.03. The van der Waals surface area contributed by atoms with Crippen molar-refractivity contribution in [2.24, 2.45) is 0 Å². The first-order chi connectivity index (χ1) is 7.26. The van der Waals surface area contributed by atoms with E-state index in [0.717, 1.165) is 0 Å². The zero-order valence-corrected chi connectivity index (χ0v) is 7.83. The van der Waals surface area contributed by atoms with E-state index in [2.05, 4.69) is 15.5 Å². The van der Waals surface area contributed by atoms with Gasteiger partial charge in [-0.2, -0.15) is 0 Å². The minimum absolute atomic E-state index is 0.00729. The first-order valence-corrected chi connectivity index (χ1v) is 4.93. The van der Waals surface area contributed by atoms with Gasteiger partial charge in [0.1, 0.15) is 12.4 Å². The third kappa shape index (κ3) is 0.858. The number of aliphatic hydroxyl groups is 1. The molecular weight excluding hydrogens is 200 g/mol. The molecule has 80 valence electrons. The average Bonchev–Trinajstić information content (AvgIpc) is 2.80. The Morgan fingerprint density at radius 3 is 3.53 bits per heavy atom. The smallest absolute Gasteiger partial charge is 0.227 e. The number of hydrogen-bond acceptors (Lipinski definition) is 6. The molecule has 4 rings (SSSR count). The standard InChI is InChI=1S/C8H10N4O3/c13-8-1-4(5-2-14-6(8)15-5)12-3-9-11-7(12)10-8/h3-6,13H,1-2H2,(H,10,11). The number of ether oxygens (including phenoxy) is 2. The van der Waals surface area contributed by atoms with E-state index in [-0.39, 0.29) is 12.1 Å². The summed E-state index contributed by atoms with van der Waals surface area (Å²) >= 11 is 0. The molecule has 4 bridgehead atoms. The Morgan fingerprint density at radius 1 is 1.67 bits per heavy atom. The highest BCUT2D eigenvalue weighted by atomic mass is 16.7. The van der Waals surface area contributed by atoms with Crippen LogP contribution in [0.25, 0.3) is 0 Å². The molecule has 0 radical (unpaired) electrons. The number of rotatable bonds is 0. The molecule has 2 fully saturated rings. The Morgan fingerprint density at radius 2 is 2.60 bits per heavy atom. The minimum atomic E-state index is -1.17. The van der Waals surface area contributed by atoms with E-state index in [9.17, 15) is 5.11 Å². The molecule has 4 unspecified atom stereocenters. The maximum Gasteiger partial charge on any atom is 0.227 e. The predicted molar refractivity (Wildman–Crippen MR) is 46.9 cm³/mol. The fraction of sp³-hybridized carbons (Fsp3) is 0.750. The van der Waals surface area contributed by atoms with Gasteiger partial charge < -0.3 is 19.9 Å². The van der Waals surface area contributed by atoms with Gasteiger partial charge in [-0.25, -0.2) is 0 Å². The van der Waals surface area contributed by atoms with Crippen LogP contribution in [0.2, 0.25) is 0 Å². The van der Waals surface area contributed by atoms with Crippen molar-refractivity contribution in [3.8, 4) is 0 Å². The zero-order chi connectivity index (χ0) is 10.0. The van der Waals surface area contributed by atoms with Gasteiger partial charge in [-0.15, -0.1) is 10.2 Å². The van der Waals surface area contributed by atoms with E-state index in [0.29, 0.717) is 19.0 Å². The predicted octanol–water partition coefficient (Wildman–Crippen LogP) is -0.922. The van der Waals surface area contributed by atoms with Gasteiger partial charge in [-0.05, 0) is 0 Å². The molecule has 3 aliphatic rings. The highest BCUT2D eigenvalue weighted by Gasteiger charge is 2.57. The van der Waals surface area contributed by atoms with Crippen LogP contribution in [-0.4, -0.2) is 44.6 Å². The van der Waals surface area contributed by atoms with E-state index < -0.39 is 12.0 Å². The number of aromatic nitrogens is 3. The summed E-state index contributed by atoms with van der Waals surface area (Å²) in [7, 11) is 0. The van der Waals surface area contributed by atoms with Crippen molar-refractivity contribution in [3.63, 3.8) is 0 Å². The van der Waals surface area contributed by atoms with Gasteiger partial charge in [0.25, 0.3) is 0 Å². The van der Waals surface area contributed by atoms with Crippen LogP contribution < -0.4 is 5.32 Å². The van der Waals surface area contributed by atoms with Gasteiger partial charge in [0, 0.05) is 6.42 Å². The van der Waals surface area contributed by atoms with E-state index in [1.807, 2.05) is 4.57 Å². The molecule has 7 heteroatoms. The second kappa shape index (κ2) is 2.31. The lowest BCUT2D eigenvalue weighted by molar-refractivity contribution is -0.214. The van der Waals surface area contributed by atoms with Crippen molar-refractivity contribution >= 4 is 5.95 Å². The lowest BCUT2D eigenvalue weighted by Crippen LogP contribution is -2.58. The molecule has 2 saturated heterocycles. The largest absolute Gasteiger partial charge is 0.366 e. The average molecular weight is 210 g/mol. The Balaban J connectivity index is 1.89. The number of nitrogens with one attached hydrogen (secondary N) is 1. The summed E-state index contributed by atoms with van der Waals surface area (Å²) in [5.74, 6) is 0.581. The Hall–Kier alpha value is -1.18. The summed E-state index contributed by atoms with van der Waals surface area (Å²) in [6.07, 6.45) is 1.61. The minimum Gasteiger partial charge on any atom is -0.366 e. The number of anilines is 1. The summed E-state index contributed by atoms with van der Waals surface area (Å²) in [6.45, 7) is 0.511. The number of fused-ring (bicyclic) bond motifs is 8. The van der Waals surface area contributed by atoms with Gasteiger partial charge in [0.05, 0.1) is 12.6 Å². The maximum absolute atomic E-state index is 10.3. The third-order valence-electron chi connectivity index (χ3n) is 3.31. The van der Waals surface area contributed by atoms with E-state index >= 15 is 0 Å². The van der Waals surface area contributed by atoms with E-state index in [1.165, 1.54) is 0 Å². The summed E-state index contributed by atoms with van der Waals surface area (Å²) in [4.78, 5) is 0. The summed E-state index contributed by atoms with van der Waals surface area (Å²) in [5.41, 5.74) is -1.17. The summed E-state index contributed by atoms with van der Waals surface area (Å²) in [6, 6.07) is 0.0556. The molecule has 0 aliphatic carbocycles. The normalized spacial score (nSPS) is 46.1. The van der Waals surface area contributed by atoms with Gasteiger partial charge >= 0.3 is 0 Å². The van der Waals surface area contributed by atoms with Crippen LogP contribution >= 0.6 is 0 Å². The van der Waals surface area contributed by atoms with Crippen LogP contribution in [0.15, 0.2) is 6.33 Å². The SMILES string of the molecule is OC12CC(C3COC1O3)n1cnnc1N2. The van der Waals surface area contributed by atoms with Gasteiger partial charge in [-0.3, -0.25) is 4.57 Å². The Kier molecular flexibility index (Phi) is 1.24. The number of hydrogen-bond donors (Lipinski definition) is 2. The molecule has 2 N–H and O–H groups in total. The van der Waals surface area contributed by atoms with Crippen molar-refractivity contribution in [2.45, 2.75) is 30.6 Å². The molecule has 3 aliphatic heterocycles. The van der Waals surface area contributed by atoms with Crippen LogP contribution in [0.5, 0.6) is 0 Å². The lowest BCUT2D eigenvalue weighted by atomic mass is 9.94. The monoisotopic (exact) mass is 210 g/mol. The topological polar surface area (TPSA) is 81.4 Å². The molecule has 0 saturated carbocycles. The highest BCUT2D eigenvalue weighted by Crippen LogP contribution is 2.45. The summed E-state index contributed by atoms with van der Waals surface area (Å²) in [5, 5.41) is 21.0. The molecule has 4 atom stereocenters. The van der Waals surface area contributed by atoms with Crippen molar-refractivity contribution < 1.29 is 14.6 Å². The molecule has 0 spiro atoms. The zero-order valence-electron chi connectivity index (χ0n) is 7.83. The quantitative estimate of drug-likeness (QED) is 0.576. The fourth-order valence-corrected chi connectivity index (χ4v) is 2.57. The molecule has 15 heavy (non-hydrogen) atoms. The Labute approximate surface area is 85.0 Å². The van der Waals surface area contributed by atoms with Gasteiger partial charge in [-0.1, -0.05) is 0 Å². The van der Waals surface area contributed by atoms with Gasteiger partial charge in [0.15, 0.2) is 5.72 Å². The second-order valence-electron chi connectivity index (χ2n) is 4.22. The van der Waals surface area contributed by atoms with E-state index in [4.69, 9.17) is 9.47 Å². The number of nitrogens with zero attached hydrogens (tertiary/aromatic N) is 3. The maximum atomic E-state index is 10.3.